The maximum atomic E-state index is 5.51. The van der Waals surface area contributed by atoms with Crippen LogP contribution in [0.25, 0.3) is 0 Å². The maximum Gasteiger partial charge on any atom is 0.179 e. The number of ether oxygens (including phenoxy) is 1. The molecule has 0 saturated carbocycles. The topological polar surface area (TPSA) is 73.1 Å². The highest BCUT2D eigenvalue weighted by Gasteiger charge is 1.98. The molecule has 0 radical (unpaired) electrons. The van der Waals surface area contributed by atoms with Gasteiger partial charge < -0.3 is 15.8 Å². The van der Waals surface area contributed by atoms with Gasteiger partial charge in [-0.2, -0.15) is 0 Å². The van der Waals surface area contributed by atoms with Gasteiger partial charge in [0, 0.05) is 6.54 Å². The molecule has 3 N–H and O–H groups in total. The van der Waals surface area contributed by atoms with Gasteiger partial charge in [-0.15, -0.1) is 0 Å². The third-order valence-corrected chi connectivity index (χ3v) is 1.32. The molecule has 0 saturated heterocycles. The van der Waals surface area contributed by atoms with Crippen LogP contribution in [-0.4, -0.2) is 30.2 Å². The van der Waals surface area contributed by atoms with Crippen molar-refractivity contribution in [3.8, 4) is 5.75 Å². The predicted octanol–water partition coefficient (Wildman–Crippen LogP) is -0.343. The standard InChI is InChI=1S/C7H12N4O/c1-9-2-3-12-6-4-10-5-11-7(6)8/h4-5,9H,2-3H2,1H3,(H2,8,10,11). The molecule has 66 valence electrons. The van der Waals surface area contributed by atoms with Gasteiger partial charge in [-0.25, -0.2) is 9.97 Å². The Labute approximate surface area is 71.0 Å². The molecule has 1 heterocycles. The highest BCUT2D eigenvalue weighted by Crippen LogP contribution is 2.14. The number of anilines is 1. The van der Waals surface area contributed by atoms with Crippen LogP contribution in [0.15, 0.2) is 12.5 Å². The van der Waals surface area contributed by atoms with Gasteiger partial charge in [0.25, 0.3) is 0 Å². The van der Waals surface area contributed by atoms with E-state index in [4.69, 9.17) is 10.5 Å². The van der Waals surface area contributed by atoms with Crippen molar-refractivity contribution in [1.82, 2.24) is 15.3 Å². The Morgan fingerprint density at radius 2 is 2.50 bits per heavy atom. The van der Waals surface area contributed by atoms with Crippen molar-refractivity contribution < 1.29 is 4.74 Å². The van der Waals surface area contributed by atoms with Crippen molar-refractivity contribution >= 4 is 5.82 Å². The quantitative estimate of drug-likeness (QED) is 0.601. The number of likely N-dealkylation sites (N-methyl/N-ethyl adjacent to an activating group) is 1. The van der Waals surface area contributed by atoms with E-state index in [1.165, 1.54) is 6.33 Å². The molecular formula is C7H12N4O. The van der Waals surface area contributed by atoms with Crippen LogP contribution in [0.1, 0.15) is 0 Å². The minimum atomic E-state index is 0.376. The lowest BCUT2D eigenvalue weighted by Crippen LogP contribution is -2.16. The van der Waals surface area contributed by atoms with Crippen LogP contribution in [0.5, 0.6) is 5.75 Å². The van der Waals surface area contributed by atoms with Gasteiger partial charge in [-0.05, 0) is 7.05 Å². The summed E-state index contributed by atoms with van der Waals surface area (Å²) < 4.78 is 5.26. The van der Waals surface area contributed by atoms with Crippen LogP contribution in [0, 0.1) is 0 Å². The second-order valence-electron chi connectivity index (χ2n) is 2.22. The Hall–Kier alpha value is -1.36. The normalized spacial score (nSPS) is 9.75. The van der Waals surface area contributed by atoms with Crippen LogP contribution in [0.2, 0.25) is 0 Å². The molecule has 0 fully saturated rings. The summed E-state index contributed by atoms with van der Waals surface area (Å²) in [6.07, 6.45) is 2.94. The lowest BCUT2D eigenvalue weighted by atomic mass is 10.5. The second kappa shape index (κ2) is 4.50. The molecule has 1 aromatic heterocycles. The highest BCUT2D eigenvalue weighted by atomic mass is 16.5. The average molecular weight is 168 g/mol. The number of nitrogen functional groups attached to an aromatic ring is 1. The number of aromatic nitrogens is 2. The highest BCUT2D eigenvalue weighted by molar-refractivity contribution is 5.42. The van der Waals surface area contributed by atoms with Crippen molar-refractivity contribution in [2.45, 2.75) is 0 Å². The number of nitrogens with one attached hydrogen (secondary N) is 1. The smallest absolute Gasteiger partial charge is 0.179 e. The molecule has 0 amide bonds. The van der Waals surface area contributed by atoms with Crippen molar-refractivity contribution in [1.29, 1.82) is 0 Å². The molecule has 0 aliphatic rings. The lowest BCUT2D eigenvalue weighted by molar-refractivity contribution is 0.318. The SMILES string of the molecule is CNCCOc1cncnc1N. The van der Waals surface area contributed by atoms with Crippen molar-refractivity contribution in [3.05, 3.63) is 12.5 Å². The zero-order chi connectivity index (χ0) is 8.81. The zero-order valence-corrected chi connectivity index (χ0v) is 6.95. The number of nitrogens with zero attached hydrogens (tertiary/aromatic N) is 2. The van der Waals surface area contributed by atoms with Crippen LogP contribution in [0.3, 0.4) is 0 Å². The predicted molar refractivity (Wildman–Crippen MR) is 45.9 cm³/mol. The largest absolute Gasteiger partial charge is 0.487 e. The molecule has 0 aliphatic heterocycles. The van der Waals surface area contributed by atoms with E-state index in [9.17, 15) is 0 Å². The third kappa shape index (κ3) is 2.35. The summed E-state index contributed by atoms with van der Waals surface area (Å²) in [5.74, 6) is 0.911. The Balaban J connectivity index is 2.46. The van der Waals surface area contributed by atoms with Crippen LogP contribution >= 0.6 is 0 Å². The van der Waals surface area contributed by atoms with Crippen molar-refractivity contribution in [2.75, 3.05) is 25.9 Å². The first kappa shape index (κ1) is 8.73. The first-order chi connectivity index (χ1) is 5.84. The zero-order valence-electron chi connectivity index (χ0n) is 6.95. The average Bonchev–Trinajstić information content (AvgIpc) is 2.09. The van der Waals surface area contributed by atoms with E-state index in [1.807, 2.05) is 7.05 Å². The molecule has 12 heavy (non-hydrogen) atoms. The van der Waals surface area contributed by atoms with Gasteiger partial charge in [0.15, 0.2) is 11.6 Å². The van der Waals surface area contributed by atoms with E-state index in [0.29, 0.717) is 18.2 Å². The van der Waals surface area contributed by atoms with E-state index in [2.05, 4.69) is 15.3 Å². The summed E-state index contributed by atoms with van der Waals surface area (Å²) >= 11 is 0. The Morgan fingerprint density at radius 1 is 1.67 bits per heavy atom. The van der Waals surface area contributed by atoms with E-state index in [-0.39, 0.29) is 0 Å². The third-order valence-electron chi connectivity index (χ3n) is 1.32. The molecule has 0 bridgehead atoms. The van der Waals surface area contributed by atoms with E-state index < -0.39 is 0 Å². The van der Waals surface area contributed by atoms with Crippen LogP contribution < -0.4 is 15.8 Å². The molecule has 0 unspecified atom stereocenters. The number of hydrogen-bond donors (Lipinski definition) is 2. The Morgan fingerprint density at radius 3 is 3.17 bits per heavy atom. The first-order valence-corrected chi connectivity index (χ1v) is 3.67. The summed E-state index contributed by atoms with van der Waals surface area (Å²) in [7, 11) is 1.86. The fourth-order valence-corrected chi connectivity index (χ4v) is 0.701. The molecular weight excluding hydrogens is 156 g/mol. The fourth-order valence-electron chi connectivity index (χ4n) is 0.701. The summed E-state index contributed by atoms with van der Waals surface area (Å²) in [5.41, 5.74) is 5.51. The summed E-state index contributed by atoms with van der Waals surface area (Å²) in [5, 5.41) is 2.95. The van der Waals surface area contributed by atoms with Gasteiger partial charge in [0.05, 0.1) is 6.20 Å². The molecule has 0 aromatic carbocycles. The molecule has 0 spiro atoms. The van der Waals surface area contributed by atoms with Crippen LogP contribution in [0.4, 0.5) is 5.82 Å². The molecule has 1 rings (SSSR count). The fraction of sp³-hybridized carbons (Fsp3) is 0.429. The van der Waals surface area contributed by atoms with Crippen molar-refractivity contribution in [3.63, 3.8) is 0 Å². The van der Waals surface area contributed by atoms with Gasteiger partial charge in [-0.3, -0.25) is 0 Å². The Bertz CT molecular complexity index is 241. The second-order valence-corrected chi connectivity index (χ2v) is 2.22. The van der Waals surface area contributed by atoms with Gasteiger partial charge >= 0.3 is 0 Å². The summed E-state index contributed by atoms with van der Waals surface area (Å²) in [6, 6.07) is 0. The summed E-state index contributed by atoms with van der Waals surface area (Å²) in [6.45, 7) is 1.34. The maximum absolute atomic E-state index is 5.51. The monoisotopic (exact) mass is 168 g/mol. The minimum Gasteiger partial charge on any atom is -0.487 e. The number of nitrogens with two attached hydrogens (primary N) is 1. The lowest BCUT2D eigenvalue weighted by Gasteiger charge is -2.05. The van der Waals surface area contributed by atoms with E-state index in [0.717, 1.165) is 6.54 Å². The van der Waals surface area contributed by atoms with E-state index >= 15 is 0 Å². The minimum absolute atomic E-state index is 0.376. The van der Waals surface area contributed by atoms with Crippen molar-refractivity contribution in [2.24, 2.45) is 0 Å². The number of rotatable bonds is 4. The molecule has 1 aromatic rings. The molecule has 0 aliphatic carbocycles. The Kier molecular flexibility index (Phi) is 3.28. The van der Waals surface area contributed by atoms with Gasteiger partial charge in [0.1, 0.15) is 12.9 Å². The number of hydrogen-bond acceptors (Lipinski definition) is 5. The molecule has 0 atom stereocenters. The van der Waals surface area contributed by atoms with E-state index in [1.54, 1.807) is 6.20 Å². The summed E-state index contributed by atoms with van der Waals surface area (Å²) in [4.78, 5) is 7.57. The van der Waals surface area contributed by atoms with Gasteiger partial charge in [0.2, 0.25) is 0 Å². The molecule has 5 nitrogen and oxygen atoms in total. The first-order valence-electron chi connectivity index (χ1n) is 3.67. The van der Waals surface area contributed by atoms with Crippen LogP contribution in [-0.2, 0) is 0 Å². The van der Waals surface area contributed by atoms with Gasteiger partial charge in [-0.1, -0.05) is 0 Å². The molecule has 5 heteroatoms.